The Morgan fingerprint density at radius 3 is 2.55 bits per heavy atom. The molecule has 1 fully saturated rings. The number of hydrogen-bond donors (Lipinski definition) is 6. The summed E-state index contributed by atoms with van der Waals surface area (Å²) in [4.78, 5) is 46.2. The van der Waals surface area contributed by atoms with Crippen LogP contribution >= 0.6 is 0 Å². The number of nitrogens with two attached hydrogens (primary N) is 1. The summed E-state index contributed by atoms with van der Waals surface area (Å²) in [6.07, 6.45) is 8.00. The summed E-state index contributed by atoms with van der Waals surface area (Å²) in [6, 6.07) is 5.67. The minimum atomic E-state index is -0.389. The van der Waals surface area contributed by atoms with E-state index in [1.807, 2.05) is 31.3 Å². The number of carbonyl (C=O) groups is 3. The molecule has 14 nitrogen and oxygen atoms in total. The molecule has 0 bridgehead atoms. The molecule has 0 radical (unpaired) electrons. The molecule has 1 saturated heterocycles. The van der Waals surface area contributed by atoms with Gasteiger partial charge in [0.25, 0.3) is 5.91 Å². The van der Waals surface area contributed by atoms with E-state index >= 15 is 0 Å². The fourth-order valence-electron chi connectivity index (χ4n) is 5.62. The predicted molar refractivity (Wildman–Crippen MR) is 179 cm³/mol. The molecule has 47 heavy (non-hydrogen) atoms. The number of aromatic nitrogens is 2. The highest BCUT2D eigenvalue weighted by atomic mass is 16.5. The fraction of sp³-hybridized carbons (Fsp3) is 0.545. The lowest BCUT2D eigenvalue weighted by Gasteiger charge is -2.21. The molecule has 1 aromatic heterocycles. The Balaban J connectivity index is 1.08. The Kier molecular flexibility index (Phi) is 14.4. The minimum absolute atomic E-state index is 0.0211. The van der Waals surface area contributed by atoms with Gasteiger partial charge in [-0.25, -0.2) is 4.98 Å². The Hall–Kier alpha value is -4.11. The quantitative estimate of drug-likeness (QED) is 0.0861. The van der Waals surface area contributed by atoms with Gasteiger partial charge >= 0.3 is 0 Å². The molecular weight excluding hydrogens is 604 g/mol. The van der Waals surface area contributed by atoms with E-state index in [0.29, 0.717) is 82.8 Å². The van der Waals surface area contributed by atoms with Gasteiger partial charge in [0.15, 0.2) is 0 Å². The van der Waals surface area contributed by atoms with Gasteiger partial charge in [0.05, 0.1) is 57.2 Å². The van der Waals surface area contributed by atoms with Crippen molar-refractivity contribution in [2.45, 2.75) is 38.6 Å². The lowest BCUT2D eigenvalue weighted by molar-refractivity contribution is -0.122. The van der Waals surface area contributed by atoms with E-state index in [1.54, 1.807) is 6.08 Å². The number of likely N-dealkylation sites (tertiary alicyclic amines) is 1. The summed E-state index contributed by atoms with van der Waals surface area (Å²) < 4.78 is 16.1. The normalized spacial score (nSPS) is 18.1. The van der Waals surface area contributed by atoms with Crippen molar-refractivity contribution in [3.63, 3.8) is 0 Å². The molecular formula is C33H48N8O6. The molecule has 2 aromatic rings. The summed E-state index contributed by atoms with van der Waals surface area (Å²) in [6.45, 7) is 5.52. The second kappa shape index (κ2) is 18.9. The number of aromatic amines is 1. The molecule has 256 valence electrons. The van der Waals surface area contributed by atoms with Crippen LogP contribution in [0.3, 0.4) is 0 Å². The molecule has 14 heteroatoms. The number of rotatable bonds is 21. The highest BCUT2D eigenvalue weighted by Crippen LogP contribution is 2.25. The van der Waals surface area contributed by atoms with Crippen LogP contribution in [0, 0.1) is 17.2 Å². The van der Waals surface area contributed by atoms with E-state index in [-0.39, 0.29) is 30.1 Å². The predicted octanol–water partition coefficient (Wildman–Crippen LogP) is 1.84. The Labute approximate surface area is 275 Å². The largest absolute Gasteiger partial charge is 0.391 e. The van der Waals surface area contributed by atoms with Crippen molar-refractivity contribution < 1.29 is 28.6 Å². The number of amides is 3. The molecule has 2 atom stereocenters. The van der Waals surface area contributed by atoms with Crippen LogP contribution in [0.5, 0.6) is 0 Å². The van der Waals surface area contributed by atoms with Gasteiger partial charge in [0.2, 0.25) is 11.8 Å². The monoisotopic (exact) mass is 652 g/mol. The van der Waals surface area contributed by atoms with E-state index < -0.39 is 0 Å². The van der Waals surface area contributed by atoms with Crippen LogP contribution in [0.2, 0.25) is 0 Å². The first kappa shape index (κ1) is 35.7. The van der Waals surface area contributed by atoms with Crippen LogP contribution in [0.25, 0.3) is 11.0 Å². The van der Waals surface area contributed by atoms with Crippen molar-refractivity contribution in [3.05, 3.63) is 47.4 Å². The third-order valence-electron chi connectivity index (χ3n) is 8.20. The highest BCUT2D eigenvalue weighted by molar-refractivity contribution is 6.05. The van der Waals surface area contributed by atoms with Crippen molar-refractivity contribution >= 4 is 40.7 Å². The maximum absolute atomic E-state index is 12.9. The van der Waals surface area contributed by atoms with Crippen molar-refractivity contribution in [1.29, 1.82) is 5.41 Å². The van der Waals surface area contributed by atoms with Gasteiger partial charge in [-0.05, 0) is 56.0 Å². The van der Waals surface area contributed by atoms with Gasteiger partial charge in [-0.1, -0.05) is 6.08 Å². The molecule has 1 aliphatic carbocycles. The zero-order valence-corrected chi connectivity index (χ0v) is 27.1. The first-order chi connectivity index (χ1) is 22.8. The maximum Gasteiger partial charge on any atom is 0.251 e. The summed E-state index contributed by atoms with van der Waals surface area (Å²) in [5, 5.41) is 16.7. The Morgan fingerprint density at radius 2 is 1.83 bits per heavy atom. The van der Waals surface area contributed by atoms with Gasteiger partial charge in [-0.3, -0.25) is 19.3 Å². The third kappa shape index (κ3) is 11.9. The fourth-order valence-corrected chi connectivity index (χ4v) is 5.62. The van der Waals surface area contributed by atoms with E-state index in [4.69, 9.17) is 30.3 Å². The minimum Gasteiger partial charge on any atom is -0.391 e. The first-order valence-corrected chi connectivity index (χ1v) is 16.2. The van der Waals surface area contributed by atoms with Crippen molar-refractivity contribution in [3.8, 4) is 0 Å². The zero-order valence-electron chi connectivity index (χ0n) is 27.1. The molecule has 2 unspecified atom stereocenters. The molecule has 0 saturated carbocycles. The summed E-state index contributed by atoms with van der Waals surface area (Å²) in [7, 11) is 1.82. The average Bonchev–Trinajstić information content (AvgIpc) is 3.68. The zero-order chi connectivity index (χ0) is 33.4. The molecule has 1 aliphatic heterocycles. The van der Waals surface area contributed by atoms with E-state index in [2.05, 4.69) is 25.8 Å². The maximum atomic E-state index is 12.9. The van der Waals surface area contributed by atoms with E-state index in [9.17, 15) is 14.4 Å². The van der Waals surface area contributed by atoms with Crippen molar-refractivity contribution in [1.82, 2.24) is 25.5 Å². The second-order valence-corrected chi connectivity index (χ2v) is 11.7. The van der Waals surface area contributed by atoms with Crippen LogP contribution in [-0.2, 0) is 35.1 Å². The molecule has 7 N–H and O–H groups in total. The average molecular weight is 653 g/mol. The Bertz CT molecular complexity index is 1420. The third-order valence-corrected chi connectivity index (χ3v) is 8.20. The standard InChI is InChI=1S/C33H48N8O6/c1-36-27-4-2-24(18-25(27)20-34)33(44)38-26-3-5-28-29(19-26)40-31(39-28)22-41-11-7-23(21-41)6-10-37-32(43)9-13-46-15-17-47-16-14-45-12-8-30(35)42/h2-5,19-20,23,25,34,36H,6-18,21-22H2,1H3,(H2,35,42)(H,37,43)(H,38,44)(H,39,40). The topological polar surface area (TPSA) is 197 Å². The van der Waals surface area contributed by atoms with E-state index in [1.165, 1.54) is 6.21 Å². The Morgan fingerprint density at radius 1 is 1.09 bits per heavy atom. The van der Waals surface area contributed by atoms with Gasteiger partial charge < -0.3 is 46.3 Å². The van der Waals surface area contributed by atoms with Crippen LogP contribution < -0.4 is 21.7 Å². The summed E-state index contributed by atoms with van der Waals surface area (Å²) in [5.41, 5.74) is 8.99. The number of allylic oxidation sites excluding steroid dienone is 3. The SMILES string of the molecule is CNC1=CC=C(C(=O)Nc2ccc3[nH]c(CN4CCC(CCNC(=O)CCOCCOCCOCCC(N)=O)C4)nc3c2)CC1C=N. The highest BCUT2D eigenvalue weighted by Gasteiger charge is 2.24. The number of primary amides is 1. The van der Waals surface area contributed by atoms with Crippen molar-refractivity contribution in [2.24, 2.45) is 17.6 Å². The van der Waals surface area contributed by atoms with Crippen molar-refractivity contribution in [2.75, 3.05) is 71.6 Å². The smallest absolute Gasteiger partial charge is 0.251 e. The number of H-pyrrole nitrogens is 1. The number of ether oxygens (including phenoxy) is 3. The van der Waals surface area contributed by atoms with Gasteiger partial charge in [-0.2, -0.15) is 0 Å². The lowest BCUT2D eigenvalue weighted by Crippen LogP contribution is -2.28. The number of carbonyl (C=O) groups excluding carboxylic acids is 3. The van der Waals surface area contributed by atoms with Crippen LogP contribution in [0.4, 0.5) is 5.69 Å². The number of nitrogens with zero attached hydrogens (tertiary/aromatic N) is 2. The molecule has 3 amide bonds. The number of anilines is 1. The number of hydrogen-bond acceptors (Lipinski definition) is 10. The molecule has 2 heterocycles. The number of imidazole rings is 1. The molecule has 1 aromatic carbocycles. The molecule has 4 rings (SSSR count). The van der Waals surface area contributed by atoms with Gasteiger partial charge in [0.1, 0.15) is 5.82 Å². The molecule has 0 spiro atoms. The van der Waals surface area contributed by atoms with E-state index in [0.717, 1.165) is 48.5 Å². The lowest BCUT2D eigenvalue weighted by atomic mass is 9.91. The first-order valence-electron chi connectivity index (χ1n) is 16.2. The van der Waals surface area contributed by atoms with Crippen LogP contribution in [0.15, 0.2) is 41.6 Å². The summed E-state index contributed by atoms with van der Waals surface area (Å²) >= 11 is 0. The number of benzene rings is 1. The van der Waals surface area contributed by atoms with Gasteiger partial charge in [-0.15, -0.1) is 0 Å². The second-order valence-electron chi connectivity index (χ2n) is 11.7. The van der Waals surface area contributed by atoms with Crippen LogP contribution in [-0.4, -0.2) is 105 Å². The number of fused-ring (bicyclic) bond motifs is 1. The van der Waals surface area contributed by atoms with Crippen LogP contribution in [0.1, 0.15) is 37.9 Å². The summed E-state index contributed by atoms with van der Waals surface area (Å²) in [5.74, 6) is 0.674. The molecule has 2 aliphatic rings. The van der Waals surface area contributed by atoms with Gasteiger partial charge in [0, 0.05) is 62.1 Å². The number of nitrogens with one attached hydrogen (secondary N) is 5.